The Hall–Kier alpha value is -3.74. The Bertz CT molecular complexity index is 894. The minimum Gasteiger partial charge on any atom is -0.381 e. The number of amides is 1. The predicted octanol–water partition coefficient (Wildman–Crippen LogP) is 3.85. The van der Waals surface area contributed by atoms with Crippen molar-refractivity contribution in [1.82, 2.24) is 4.98 Å². The fourth-order valence-corrected chi connectivity index (χ4v) is 2.32. The smallest absolute Gasteiger partial charge is 0.269 e. The number of nitrogens with zero attached hydrogens (tertiary/aromatic N) is 2. The van der Waals surface area contributed by atoms with Gasteiger partial charge in [0.1, 0.15) is 0 Å². The van der Waals surface area contributed by atoms with E-state index >= 15 is 0 Å². The zero-order valence-corrected chi connectivity index (χ0v) is 13.8. The second kappa shape index (κ2) is 7.89. The highest BCUT2D eigenvalue weighted by Gasteiger charge is 2.06. The molecule has 0 bridgehead atoms. The van der Waals surface area contributed by atoms with E-state index in [1.165, 1.54) is 12.1 Å². The highest BCUT2D eigenvalue weighted by molar-refractivity contribution is 6.04. The van der Waals surface area contributed by atoms with Gasteiger partial charge in [-0.25, -0.2) is 0 Å². The van der Waals surface area contributed by atoms with Gasteiger partial charge in [-0.15, -0.1) is 0 Å². The standard InChI is InChI=1S/C19H16N4O3/c24-19(22-17-9-11-20-12-10-17)15-3-1-14(2-4-15)13-21-16-5-7-18(8-6-16)23(25)26/h1-12,21H,13H2,(H,20,22,24). The molecule has 1 aromatic heterocycles. The number of anilines is 2. The summed E-state index contributed by atoms with van der Waals surface area (Å²) in [5.74, 6) is -0.189. The fourth-order valence-electron chi connectivity index (χ4n) is 2.32. The number of benzene rings is 2. The number of pyridine rings is 1. The van der Waals surface area contributed by atoms with Gasteiger partial charge in [-0.2, -0.15) is 0 Å². The average Bonchev–Trinajstić information content (AvgIpc) is 2.68. The van der Waals surface area contributed by atoms with Gasteiger partial charge in [-0.05, 0) is 42.0 Å². The number of aromatic nitrogens is 1. The Morgan fingerprint density at radius 1 is 0.923 bits per heavy atom. The molecule has 2 N–H and O–H groups in total. The number of hydrogen-bond donors (Lipinski definition) is 2. The van der Waals surface area contributed by atoms with Crippen LogP contribution in [0.3, 0.4) is 0 Å². The summed E-state index contributed by atoms with van der Waals surface area (Å²) >= 11 is 0. The zero-order chi connectivity index (χ0) is 18.4. The zero-order valence-electron chi connectivity index (χ0n) is 13.8. The first-order valence-electron chi connectivity index (χ1n) is 7.90. The van der Waals surface area contributed by atoms with Crippen molar-refractivity contribution in [1.29, 1.82) is 0 Å². The van der Waals surface area contributed by atoms with Gasteiger partial charge >= 0.3 is 0 Å². The first-order chi connectivity index (χ1) is 12.6. The van der Waals surface area contributed by atoms with Crippen molar-refractivity contribution in [2.45, 2.75) is 6.54 Å². The Kier molecular flexibility index (Phi) is 5.19. The summed E-state index contributed by atoms with van der Waals surface area (Å²) in [5.41, 5.74) is 3.08. The lowest BCUT2D eigenvalue weighted by molar-refractivity contribution is -0.384. The van der Waals surface area contributed by atoms with E-state index in [-0.39, 0.29) is 11.6 Å². The Labute approximate surface area is 149 Å². The molecule has 7 nitrogen and oxygen atoms in total. The van der Waals surface area contributed by atoms with Crippen LogP contribution in [0, 0.1) is 10.1 Å². The van der Waals surface area contributed by atoms with Crippen LogP contribution in [0.1, 0.15) is 15.9 Å². The highest BCUT2D eigenvalue weighted by atomic mass is 16.6. The average molecular weight is 348 g/mol. The molecule has 3 rings (SSSR count). The predicted molar refractivity (Wildman–Crippen MR) is 99.1 cm³/mol. The molecule has 0 saturated carbocycles. The largest absolute Gasteiger partial charge is 0.381 e. The third-order valence-corrected chi connectivity index (χ3v) is 3.73. The van der Waals surface area contributed by atoms with Crippen molar-refractivity contribution in [3.63, 3.8) is 0 Å². The van der Waals surface area contributed by atoms with Crippen molar-refractivity contribution in [3.8, 4) is 0 Å². The van der Waals surface area contributed by atoms with Gasteiger partial charge in [0.25, 0.3) is 11.6 Å². The first kappa shape index (κ1) is 17.1. The topological polar surface area (TPSA) is 97.2 Å². The molecule has 0 spiro atoms. The van der Waals surface area contributed by atoms with Gasteiger partial charge in [-0.1, -0.05) is 12.1 Å². The second-order valence-corrected chi connectivity index (χ2v) is 5.54. The number of carbonyl (C=O) groups is 1. The monoisotopic (exact) mass is 348 g/mol. The molecule has 1 heterocycles. The lowest BCUT2D eigenvalue weighted by Crippen LogP contribution is -2.12. The summed E-state index contributed by atoms with van der Waals surface area (Å²) in [6, 6.07) is 16.9. The molecule has 0 atom stereocenters. The van der Waals surface area contributed by atoms with Crippen molar-refractivity contribution < 1.29 is 9.72 Å². The van der Waals surface area contributed by atoms with Gasteiger partial charge in [0.05, 0.1) is 4.92 Å². The van der Waals surface area contributed by atoms with Crippen molar-refractivity contribution >= 4 is 23.0 Å². The maximum Gasteiger partial charge on any atom is 0.269 e. The van der Waals surface area contributed by atoms with Gasteiger partial charge in [0, 0.05) is 48.0 Å². The van der Waals surface area contributed by atoms with Gasteiger partial charge in [0.2, 0.25) is 0 Å². The minimum atomic E-state index is -0.431. The summed E-state index contributed by atoms with van der Waals surface area (Å²) in [4.78, 5) is 26.3. The summed E-state index contributed by atoms with van der Waals surface area (Å²) in [5, 5.41) is 16.6. The Morgan fingerprint density at radius 2 is 1.58 bits per heavy atom. The van der Waals surface area contributed by atoms with E-state index < -0.39 is 4.92 Å². The van der Waals surface area contributed by atoms with E-state index in [2.05, 4.69) is 15.6 Å². The summed E-state index contributed by atoms with van der Waals surface area (Å²) in [6.07, 6.45) is 3.23. The third-order valence-electron chi connectivity index (χ3n) is 3.73. The lowest BCUT2D eigenvalue weighted by atomic mass is 10.1. The van der Waals surface area contributed by atoms with Crippen LogP contribution in [0.2, 0.25) is 0 Å². The van der Waals surface area contributed by atoms with E-state index in [4.69, 9.17) is 0 Å². The maximum absolute atomic E-state index is 12.2. The van der Waals surface area contributed by atoms with Crippen LogP contribution < -0.4 is 10.6 Å². The summed E-state index contributed by atoms with van der Waals surface area (Å²) in [6.45, 7) is 0.546. The molecular formula is C19H16N4O3. The van der Waals surface area contributed by atoms with Crippen LogP contribution in [0.4, 0.5) is 17.1 Å². The summed E-state index contributed by atoms with van der Waals surface area (Å²) in [7, 11) is 0. The quantitative estimate of drug-likeness (QED) is 0.521. The number of nitro groups is 1. The van der Waals surface area contributed by atoms with Crippen molar-refractivity contribution in [2.24, 2.45) is 0 Å². The van der Waals surface area contributed by atoms with Crippen LogP contribution in [0.15, 0.2) is 73.1 Å². The van der Waals surface area contributed by atoms with Crippen molar-refractivity contribution in [3.05, 3.63) is 94.3 Å². The number of nitrogens with one attached hydrogen (secondary N) is 2. The van der Waals surface area contributed by atoms with Gasteiger partial charge in [-0.3, -0.25) is 19.9 Å². The normalized spacial score (nSPS) is 10.2. The molecule has 0 fully saturated rings. The molecule has 26 heavy (non-hydrogen) atoms. The van der Waals surface area contributed by atoms with E-state index in [1.807, 2.05) is 12.1 Å². The first-order valence-corrected chi connectivity index (χ1v) is 7.90. The maximum atomic E-state index is 12.2. The fraction of sp³-hybridized carbons (Fsp3) is 0.0526. The molecule has 0 aliphatic carbocycles. The van der Waals surface area contributed by atoms with Crippen LogP contribution in [0.25, 0.3) is 0 Å². The van der Waals surface area contributed by atoms with E-state index in [1.54, 1.807) is 48.8 Å². The SMILES string of the molecule is O=C(Nc1ccncc1)c1ccc(CNc2ccc([N+](=O)[O-])cc2)cc1. The molecule has 3 aromatic rings. The molecule has 0 unspecified atom stereocenters. The molecule has 1 amide bonds. The molecule has 0 saturated heterocycles. The molecule has 0 radical (unpaired) electrons. The molecule has 7 heteroatoms. The second-order valence-electron chi connectivity index (χ2n) is 5.54. The number of hydrogen-bond acceptors (Lipinski definition) is 5. The lowest BCUT2D eigenvalue weighted by Gasteiger charge is -2.08. The van der Waals surface area contributed by atoms with Crippen LogP contribution >= 0.6 is 0 Å². The van der Waals surface area contributed by atoms with Crippen LogP contribution in [-0.2, 0) is 6.54 Å². The molecule has 0 aliphatic rings. The third kappa shape index (κ3) is 4.41. The number of non-ortho nitro benzene ring substituents is 1. The number of carbonyl (C=O) groups excluding carboxylic acids is 1. The van der Waals surface area contributed by atoms with E-state index in [9.17, 15) is 14.9 Å². The number of rotatable bonds is 6. The number of nitro benzene ring substituents is 1. The van der Waals surface area contributed by atoms with Crippen molar-refractivity contribution in [2.75, 3.05) is 10.6 Å². The molecule has 130 valence electrons. The van der Waals surface area contributed by atoms with Crippen LogP contribution in [0.5, 0.6) is 0 Å². The van der Waals surface area contributed by atoms with E-state index in [0.717, 1.165) is 11.3 Å². The van der Waals surface area contributed by atoms with Gasteiger partial charge < -0.3 is 10.6 Å². The van der Waals surface area contributed by atoms with Crippen LogP contribution in [-0.4, -0.2) is 15.8 Å². The van der Waals surface area contributed by atoms with Gasteiger partial charge in [0.15, 0.2) is 0 Å². The highest BCUT2D eigenvalue weighted by Crippen LogP contribution is 2.16. The minimum absolute atomic E-state index is 0.0557. The molecular weight excluding hydrogens is 332 g/mol. The Morgan fingerprint density at radius 3 is 2.19 bits per heavy atom. The molecule has 0 aliphatic heterocycles. The van der Waals surface area contributed by atoms with E-state index in [0.29, 0.717) is 17.8 Å². The summed E-state index contributed by atoms with van der Waals surface area (Å²) < 4.78 is 0. The molecule has 2 aromatic carbocycles. The Balaban J connectivity index is 1.57.